The summed E-state index contributed by atoms with van der Waals surface area (Å²) in [5, 5.41) is 0. The van der Waals surface area contributed by atoms with Crippen LogP contribution in [0.15, 0.2) is 12.3 Å². The Morgan fingerprint density at radius 1 is 1.40 bits per heavy atom. The predicted molar refractivity (Wildman–Crippen MR) is 60.4 cm³/mol. The van der Waals surface area contributed by atoms with Gasteiger partial charge in [0, 0.05) is 0 Å². The van der Waals surface area contributed by atoms with E-state index < -0.39 is 5.97 Å². The fourth-order valence-electron chi connectivity index (χ4n) is 1.26. The molecule has 1 atom stereocenters. The quantitative estimate of drug-likeness (QED) is 0.354. The van der Waals surface area contributed by atoms with E-state index in [1.54, 1.807) is 0 Å². The Morgan fingerprint density at radius 3 is 2.53 bits per heavy atom. The molecule has 15 heavy (non-hydrogen) atoms. The van der Waals surface area contributed by atoms with Gasteiger partial charge in [0.2, 0.25) is 0 Å². The lowest BCUT2D eigenvalue weighted by Gasteiger charge is -2.14. The van der Waals surface area contributed by atoms with Crippen LogP contribution in [0.2, 0.25) is 0 Å². The van der Waals surface area contributed by atoms with Crippen molar-refractivity contribution >= 4 is 5.97 Å². The van der Waals surface area contributed by atoms with Gasteiger partial charge in [-0.1, -0.05) is 33.1 Å². The molecule has 0 saturated heterocycles. The fourth-order valence-corrected chi connectivity index (χ4v) is 1.26. The van der Waals surface area contributed by atoms with Gasteiger partial charge < -0.3 is 9.47 Å². The normalized spacial score (nSPS) is 11.9. The number of carbonyl (C=O) groups is 1. The molecule has 0 heterocycles. The van der Waals surface area contributed by atoms with Crippen molar-refractivity contribution in [2.24, 2.45) is 5.92 Å². The minimum atomic E-state index is -0.451. The average Bonchev–Trinajstić information content (AvgIpc) is 2.27. The Balaban J connectivity index is 3.79. The molecule has 0 aliphatic rings. The van der Waals surface area contributed by atoms with Crippen LogP contribution in [0.4, 0.5) is 0 Å². The maximum atomic E-state index is 11.2. The number of hydrogen-bond donors (Lipinski definition) is 0. The second-order valence-electron chi connectivity index (χ2n) is 3.64. The first-order valence-electron chi connectivity index (χ1n) is 5.55. The van der Waals surface area contributed by atoms with Crippen LogP contribution >= 0.6 is 0 Å². The molecule has 0 aromatic rings. The van der Waals surface area contributed by atoms with Gasteiger partial charge in [-0.2, -0.15) is 0 Å². The molecule has 0 spiro atoms. The Morgan fingerprint density at radius 2 is 2.07 bits per heavy atom. The number of carbonyl (C=O) groups excluding carboxylic acids is 1. The van der Waals surface area contributed by atoms with Gasteiger partial charge in [-0.05, 0) is 18.9 Å². The number of rotatable bonds is 8. The van der Waals surface area contributed by atoms with E-state index in [4.69, 9.17) is 9.47 Å². The molecular weight excluding hydrogens is 192 g/mol. The summed E-state index contributed by atoms with van der Waals surface area (Å²) in [6.07, 6.45) is 4.50. The molecule has 0 radical (unpaired) electrons. The van der Waals surface area contributed by atoms with E-state index in [2.05, 4.69) is 20.4 Å². The highest BCUT2D eigenvalue weighted by Crippen LogP contribution is 2.13. The third-order valence-electron chi connectivity index (χ3n) is 2.47. The molecule has 1 unspecified atom stereocenters. The second-order valence-corrected chi connectivity index (χ2v) is 3.64. The van der Waals surface area contributed by atoms with Gasteiger partial charge in [-0.3, -0.25) is 0 Å². The number of unbranched alkanes of at least 4 members (excludes halogenated alkanes) is 1. The Bertz CT molecular complexity index is 199. The Kier molecular flexibility index (Phi) is 7.78. The zero-order valence-electron chi connectivity index (χ0n) is 10.0. The molecule has 0 aromatic carbocycles. The molecule has 0 fully saturated rings. The van der Waals surface area contributed by atoms with Crippen LogP contribution < -0.4 is 0 Å². The lowest BCUT2D eigenvalue weighted by molar-refractivity contribution is -0.144. The molecule has 3 nitrogen and oxygen atoms in total. The minimum Gasteiger partial charge on any atom is -0.490 e. The van der Waals surface area contributed by atoms with Crippen LogP contribution in [-0.2, 0) is 14.3 Å². The van der Waals surface area contributed by atoms with Crippen LogP contribution in [0, 0.1) is 5.92 Å². The summed E-state index contributed by atoms with van der Waals surface area (Å²) in [4.78, 5) is 11.2. The molecule has 88 valence electrons. The van der Waals surface area contributed by atoms with E-state index in [9.17, 15) is 4.79 Å². The summed E-state index contributed by atoms with van der Waals surface area (Å²) in [5.41, 5.74) is 0. The lowest BCUT2D eigenvalue weighted by atomic mass is 10.0. The van der Waals surface area contributed by atoms with Crippen molar-refractivity contribution in [3.8, 4) is 0 Å². The van der Waals surface area contributed by atoms with Gasteiger partial charge in [0.25, 0.3) is 0 Å². The van der Waals surface area contributed by atoms with E-state index in [0.29, 0.717) is 12.5 Å². The molecule has 0 aromatic heterocycles. The summed E-state index contributed by atoms with van der Waals surface area (Å²) in [5.74, 6) is 0.0753. The van der Waals surface area contributed by atoms with Gasteiger partial charge in [0.1, 0.15) is 0 Å². The van der Waals surface area contributed by atoms with Crippen LogP contribution in [0.5, 0.6) is 0 Å². The Hall–Kier alpha value is -0.990. The van der Waals surface area contributed by atoms with Gasteiger partial charge in [0.05, 0.1) is 13.7 Å². The molecule has 0 bridgehead atoms. The Labute approximate surface area is 92.5 Å². The van der Waals surface area contributed by atoms with Crippen LogP contribution in [-0.4, -0.2) is 19.7 Å². The molecule has 0 aliphatic heterocycles. The third kappa shape index (κ3) is 6.15. The van der Waals surface area contributed by atoms with Crippen LogP contribution in [0.25, 0.3) is 0 Å². The lowest BCUT2D eigenvalue weighted by Crippen LogP contribution is -2.15. The van der Waals surface area contributed by atoms with Crippen molar-refractivity contribution in [1.82, 2.24) is 0 Å². The molecule has 3 heteroatoms. The van der Waals surface area contributed by atoms with Gasteiger partial charge in [0.15, 0.2) is 5.76 Å². The van der Waals surface area contributed by atoms with Gasteiger partial charge in [-0.25, -0.2) is 4.79 Å². The first-order chi connectivity index (χ1) is 7.15. The highest BCUT2D eigenvalue weighted by atomic mass is 16.6. The number of hydrogen-bond acceptors (Lipinski definition) is 3. The highest BCUT2D eigenvalue weighted by Gasteiger charge is 2.12. The van der Waals surface area contributed by atoms with Crippen molar-refractivity contribution in [2.45, 2.75) is 39.5 Å². The van der Waals surface area contributed by atoms with Crippen molar-refractivity contribution in [3.05, 3.63) is 12.3 Å². The number of methoxy groups -OCH3 is 1. The molecule has 0 saturated carbocycles. The maximum Gasteiger partial charge on any atom is 0.372 e. The number of esters is 1. The highest BCUT2D eigenvalue weighted by molar-refractivity contribution is 5.85. The first-order valence-corrected chi connectivity index (χ1v) is 5.55. The maximum absolute atomic E-state index is 11.2. The zero-order chi connectivity index (χ0) is 11.7. The fraction of sp³-hybridized carbons (Fsp3) is 0.750. The standard InChI is InChI=1S/C12H22O3/c1-5-7-8-11(6-2)9-15-12(13)10(3)14-4/h11H,3,5-9H2,1-2,4H3. The zero-order valence-corrected chi connectivity index (χ0v) is 10.0. The monoisotopic (exact) mass is 214 g/mol. The summed E-state index contributed by atoms with van der Waals surface area (Å²) in [6, 6.07) is 0. The summed E-state index contributed by atoms with van der Waals surface area (Å²) in [7, 11) is 1.41. The number of ether oxygens (including phenoxy) is 2. The van der Waals surface area contributed by atoms with Crippen LogP contribution in [0.3, 0.4) is 0 Å². The second kappa shape index (κ2) is 8.33. The third-order valence-corrected chi connectivity index (χ3v) is 2.47. The van der Waals surface area contributed by atoms with E-state index >= 15 is 0 Å². The van der Waals surface area contributed by atoms with Crippen LogP contribution in [0.1, 0.15) is 39.5 Å². The SMILES string of the molecule is C=C(OC)C(=O)OCC(CC)CCCC. The first kappa shape index (κ1) is 14.0. The van der Waals surface area contributed by atoms with Crippen molar-refractivity contribution < 1.29 is 14.3 Å². The molecule has 0 N–H and O–H groups in total. The largest absolute Gasteiger partial charge is 0.490 e. The smallest absolute Gasteiger partial charge is 0.372 e. The molecular formula is C12H22O3. The average molecular weight is 214 g/mol. The summed E-state index contributed by atoms with van der Waals surface area (Å²) >= 11 is 0. The van der Waals surface area contributed by atoms with E-state index in [-0.39, 0.29) is 5.76 Å². The van der Waals surface area contributed by atoms with Crippen molar-refractivity contribution in [3.63, 3.8) is 0 Å². The predicted octanol–water partition coefficient (Wildman–Crippen LogP) is 2.91. The van der Waals surface area contributed by atoms with E-state index in [1.165, 1.54) is 20.0 Å². The van der Waals surface area contributed by atoms with Gasteiger partial charge >= 0.3 is 5.97 Å². The molecule has 0 aliphatic carbocycles. The van der Waals surface area contributed by atoms with E-state index in [0.717, 1.165) is 12.8 Å². The summed E-state index contributed by atoms with van der Waals surface area (Å²) < 4.78 is 9.77. The molecule has 0 amide bonds. The summed E-state index contributed by atoms with van der Waals surface area (Å²) in [6.45, 7) is 8.18. The van der Waals surface area contributed by atoms with E-state index in [1.807, 2.05) is 0 Å². The van der Waals surface area contributed by atoms with Crippen molar-refractivity contribution in [1.29, 1.82) is 0 Å². The minimum absolute atomic E-state index is 0.0698. The molecule has 0 rings (SSSR count). The van der Waals surface area contributed by atoms with Crippen molar-refractivity contribution in [2.75, 3.05) is 13.7 Å². The topological polar surface area (TPSA) is 35.5 Å². The van der Waals surface area contributed by atoms with Gasteiger partial charge in [-0.15, -0.1) is 0 Å².